The number of carbonyl (C=O) groups excluding carboxylic acids is 4. The number of hydrogen-bond acceptors (Lipinski definition) is 10. The lowest BCUT2D eigenvalue weighted by Crippen LogP contribution is -2.61. The van der Waals surface area contributed by atoms with E-state index in [0.717, 1.165) is 19.7 Å². The van der Waals surface area contributed by atoms with Crippen LogP contribution in [-0.2, 0) is 45.7 Å². The Morgan fingerprint density at radius 2 is 1.19 bits per heavy atom. The van der Waals surface area contributed by atoms with E-state index < -0.39 is 109 Å². The molecule has 1 heterocycles. The first-order valence-electron chi connectivity index (χ1n) is 20.1. The summed E-state index contributed by atoms with van der Waals surface area (Å²) in [7, 11) is -8.23. The Hall–Kier alpha value is -3.90. The standard InChI is InChI=1S/C24H41F3N4O6S.C16H23F3N2O4S/c1-21(2,3)14(12-30(9)38(35,36)24(25,26)27)28-20(34)29-17(22(4,5)6)18(32)31-11-13-15(23(13,7)8)16(31)19(33)37-10;1-15(2,3)13(10-21(4)26(23,24)16(17,18)19)20-14(22)25-11-12-8-6-5-7-9-12/h13-17H,11-12H2,1-10H3,(H2,28,29,34);5-9,13H,10-11H2,1-4H3,(H,20,22)/t13-,14+,15-,16?,17+;13-/m01/s1. The topological polar surface area (TPSA) is 201 Å². The molecule has 3 rings (SSSR count). The first-order chi connectivity index (χ1) is 28.6. The summed E-state index contributed by atoms with van der Waals surface area (Å²) in [6.45, 7) is 18.3. The molecule has 1 aromatic rings. The Morgan fingerprint density at radius 1 is 0.750 bits per heavy atom. The van der Waals surface area contributed by atoms with E-state index in [9.17, 15) is 62.4 Å². The van der Waals surface area contributed by atoms with Crippen LogP contribution in [0.5, 0.6) is 0 Å². The molecular formula is C40H64F6N6O10S2. The maximum Gasteiger partial charge on any atom is 0.511 e. The summed E-state index contributed by atoms with van der Waals surface area (Å²) >= 11 is 0. The lowest BCUT2D eigenvalue weighted by molar-refractivity contribution is -0.154. The van der Waals surface area contributed by atoms with E-state index in [2.05, 4.69) is 16.0 Å². The zero-order valence-electron chi connectivity index (χ0n) is 38.7. The maximum atomic E-state index is 13.7. The van der Waals surface area contributed by atoms with Crippen LogP contribution in [0.25, 0.3) is 0 Å². The summed E-state index contributed by atoms with van der Waals surface area (Å²) in [4.78, 5) is 52.8. The number of ether oxygens (including phenoxy) is 2. The largest absolute Gasteiger partial charge is 0.511 e. The molecule has 2 aliphatic rings. The van der Waals surface area contributed by atoms with Crippen LogP contribution in [0.15, 0.2) is 30.3 Å². The number of rotatable bonds is 13. The summed E-state index contributed by atoms with van der Waals surface area (Å²) in [6, 6.07) is 4.17. The van der Waals surface area contributed by atoms with Crippen LogP contribution in [0.2, 0.25) is 0 Å². The number of methoxy groups -OCH3 is 1. The highest BCUT2D eigenvalue weighted by Gasteiger charge is 2.70. The number of sulfonamides is 2. The van der Waals surface area contributed by atoms with Crippen LogP contribution in [0.3, 0.4) is 0 Å². The van der Waals surface area contributed by atoms with E-state index >= 15 is 0 Å². The number of likely N-dealkylation sites (N-methyl/N-ethyl adjacent to an activating group) is 2. The second-order valence-electron chi connectivity index (χ2n) is 19.8. The SMILES string of the molecule is CN(C[C@@H](NC(=O)OCc1ccccc1)C(C)(C)C)S(=O)(=O)C(F)(F)F.COC(=O)C1[C@@H]2[C@H](CN1C(=O)[C@@H](NC(=O)N[C@H](CN(C)S(=O)(=O)C(F)(F)F)C(C)(C)C)C(C)(C)C)C2(C)C. The summed E-state index contributed by atoms with van der Waals surface area (Å²) in [5, 5.41) is 7.62. The molecule has 1 aromatic carbocycles. The molecule has 1 unspecified atom stereocenters. The molecule has 0 radical (unpaired) electrons. The average Bonchev–Trinajstić information content (AvgIpc) is 3.43. The van der Waals surface area contributed by atoms with Crippen molar-refractivity contribution in [2.24, 2.45) is 33.5 Å². The van der Waals surface area contributed by atoms with Crippen molar-refractivity contribution in [1.29, 1.82) is 0 Å². The Labute approximate surface area is 372 Å². The van der Waals surface area contributed by atoms with Crippen LogP contribution in [0.1, 0.15) is 81.7 Å². The number of benzene rings is 1. The van der Waals surface area contributed by atoms with E-state index in [0.29, 0.717) is 6.54 Å². The van der Waals surface area contributed by atoms with Crippen molar-refractivity contribution in [2.45, 2.75) is 118 Å². The van der Waals surface area contributed by atoms with Gasteiger partial charge in [0.1, 0.15) is 18.7 Å². The highest BCUT2D eigenvalue weighted by molar-refractivity contribution is 7.90. The van der Waals surface area contributed by atoms with Crippen LogP contribution in [0.4, 0.5) is 35.9 Å². The van der Waals surface area contributed by atoms with Gasteiger partial charge in [0.15, 0.2) is 0 Å². The fraction of sp³-hybridized carbons (Fsp3) is 0.750. The molecule has 0 spiro atoms. The Bertz CT molecular complexity index is 2030. The molecule has 3 N–H and O–H groups in total. The van der Waals surface area contributed by atoms with Crippen LogP contribution < -0.4 is 16.0 Å². The fourth-order valence-corrected chi connectivity index (χ4v) is 8.49. The summed E-state index contributed by atoms with van der Waals surface area (Å²) in [5.74, 6) is -0.962. The molecule has 16 nitrogen and oxygen atoms in total. The number of nitrogens with zero attached hydrogens (tertiary/aromatic N) is 3. The van der Waals surface area contributed by atoms with Crippen LogP contribution >= 0.6 is 0 Å². The van der Waals surface area contributed by atoms with Crippen molar-refractivity contribution in [3.63, 3.8) is 0 Å². The van der Waals surface area contributed by atoms with Gasteiger partial charge in [-0.25, -0.2) is 31.2 Å². The molecule has 1 aliphatic carbocycles. The highest BCUT2D eigenvalue weighted by Crippen LogP contribution is 2.65. The lowest BCUT2D eigenvalue weighted by Gasteiger charge is -2.38. The van der Waals surface area contributed by atoms with Crippen molar-refractivity contribution < 1.29 is 71.8 Å². The minimum absolute atomic E-state index is 0.0137. The number of piperidine rings is 1. The zero-order valence-corrected chi connectivity index (χ0v) is 40.3. The number of amides is 4. The quantitative estimate of drug-likeness (QED) is 0.164. The number of fused-ring (bicyclic) bond motifs is 1. The zero-order chi connectivity index (χ0) is 50.0. The molecule has 64 heavy (non-hydrogen) atoms. The van der Waals surface area contributed by atoms with Crippen molar-refractivity contribution in [3.05, 3.63) is 35.9 Å². The number of likely N-dealkylation sites (tertiary alicyclic amines) is 1. The van der Waals surface area contributed by atoms with Gasteiger partial charge in [-0.05, 0) is 33.1 Å². The monoisotopic (exact) mass is 966 g/mol. The first kappa shape index (κ1) is 56.2. The number of carbonyl (C=O) groups is 4. The number of hydrogen-bond donors (Lipinski definition) is 3. The van der Waals surface area contributed by atoms with Crippen molar-refractivity contribution in [3.8, 4) is 0 Å². The minimum Gasteiger partial charge on any atom is -0.467 e. The molecule has 1 aliphatic heterocycles. The Balaban J connectivity index is 0.000000473. The molecule has 368 valence electrons. The molecule has 6 atom stereocenters. The van der Waals surface area contributed by atoms with E-state index in [1.54, 1.807) is 92.6 Å². The molecule has 0 bridgehead atoms. The molecular weight excluding hydrogens is 903 g/mol. The Kier molecular flexibility index (Phi) is 17.5. The first-order valence-corrected chi connectivity index (χ1v) is 23.0. The van der Waals surface area contributed by atoms with Gasteiger partial charge in [0, 0.05) is 45.7 Å². The van der Waals surface area contributed by atoms with E-state index in [1.165, 1.54) is 12.0 Å². The average molecular weight is 967 g/mol. The van der Waals surface area contributed by atoms with Gasteiger partial charge < -0.3 is 30.3 Å². The van der Waals surface area contributed by atoms with Gasteiger partial charge in [0.25, 0.3) is 0 Å². The predicted molar refractivity (Wildman–Crippen MR) is 225 cm³/mol. The second-order valence-corrected chi connectivity index (χ2v) is 23.9. The fourth-order valence-electron chi connectivity index (χ4n) is 7.09. The predicted octanol–water partition coefficient (Wildman–Crippen LogP) is 5.66. The van der Waals surface area contributed by atoms with E-state index in [1.807, 2.05) is 13.8 Å². The normalized spacial score (nSPS) is 20.5. The number of nitrogens with one attached hydrogen (secondary N) is 3. The second kappa shape index (κ2) is 19.9. The maximum absolute atomic E-state index is 13.7. The number of halogens is 6. The van der Waals surface area contributed by atoms with Gasteiger partial charge >= 0.3 is 49.2 Å². The highest BCUT2D eigenvalue weighted by atomic mass is 32.2. The van der Waals surface area contributed by atoms with Gasteiger partial charge in [0.2, 0.25) is 5.91 Å². The number of alkyl carbamates (subject to hydrolysis) is 1. The van der Waals surface area contributed by atoms with Gasteiger partial charge in [-0.1, -0.05) is 106 Å². The summed E-state index contributed by atoms with van der Waals surface area (Å²) in [6.07, 6.45) is -0.841. The van der Waals surface area contributed by atoms with Gasteiger partial charge in [-0.3, -0.25) is 4.79 Å². The summed E-state index contributed by atoms with van der Waals surface area (Å²) < 4.78 is 134. The number of alkyl halides is 6. The van der Waals surface area contributed by atoms with Gasteiger partial charge in [0.05, 0.1) is 13.2 Å². The van der Waals surface area contributed by atoms with Gasteiger partial charge in [-0.2, -0.15) is 35.0 Å². The number of esters is 1. The smallest absolute Gasteiger partial charge is 0.467 e. The third-order valence-electron chi connectivity index (χ3n) is 11.5. The Morgan fingerprint density at radius 3 is 1.58 bits per heavy atom. The number of urea groups is 1. The van der Waals surface area contributed by atoms with Crippen molar-refractivity contribution in [1.82, 2.24) is 29.5 Å². The lowest BCUT2D eigenvalue weighted by atomic mass is 9.85. The third kappa shape index (κ3) is 13.8. The molecule has 1 saturated heterocycles. The molecule has 2 fully saturated rings. The van der Waals surface area contributed by atoms with E-state index in [4.69, 9.17) is 9.47 Å². The molecule has 1 saturated carbocycles. The minimum atomic E-state index is -5.61. The van der Waals surface area contributed by atoms with E-state index in [-0.39, 0.29) is 32.5 Å². The van der Waals surface area contributed by atoms with Gasteiger partial charge in [-0.15, -0.1) is 0 Å². The van der Waals surface area contributed by atoms with Crippen LogP contribution in [0, 0.1) is 33.5 Å². The van der Waals surface area contributed by atoms with Crippen molar-refractivity contribution in [2.75, 3.05) is 40.8 Å². The van der Waals surface area contributed by atoms with Crippen molar-refractivity contribution >= 4 is 44.0 Å². The third-order valence-corrected chi connectivity index (χ3v) is 14.6. The van der Waals surface area contributed by atoms with Crippen LogP contribution in [-0.4, -0.2) is 130 Å². The molecule has 24 heteroatoms. The summed E-state index contributed by atoms with van der Waals surface area (Å²) in [5.41, 5.74) is -12.6. The molecule has 4 amide bonds. The molecule has 0 aromatic heterocycles.